The van der Waals surface area contributed by atoms with Crippen molar-refractivity contribution in [1.29, 1.82) is 0 Å². The van der Waals surface area contributed by atoms with E-state index in [2.05, 4.69) is 52.2 Å². The fourth-order valence-corrected chi connectivity index (χ4v) is 3.74. The Balaban J connectivity index is 1.60. The van der Waals surface area contributed by atoms with Crippen LogP contribution in [0.5, 0.6) is 0 Å². The summed E-state index contributed by atoms with van der Waals surface area (Å²) >= 11 is 1.66. The summed E-state index contributed by atoms with van der Waals surface area (Å²) in [6.45, 7) is 6.47. The molecule has 1 unspecified atom stereocenters. The number of nitrogens with zero attached hydrogens (tertiary/aromatic N) is 4. The highest BCUT2D eigenvalue weighted by atomic mass is 32.2. The number of hydrogen-bond acceptors (Lipinski definition) is 6. The highest BCUT2D eigenvalue weighted by molar-refractivity contribution is 7.98. The normalized spacial score (nSPS) is 18.7. The Bertz CT molecular complexity index is 630. The molecule has 126 valence electrons. The van der Waals surface area contributed by atoms with E-state index in [0.717, 1.165) is 47.7 Å². The fourth-order valence-electron chi connectivity index (χ4n) is 2.94. The molecule has 1 aliphatic heterocycles. The molecule has 6 nitrogen and oxygen atoms in total. The van der Waals surface area contributed by atoms with Crippen LogP contribution in [0.15, 0.2) is 15.7 Å². The standard InChI is InChI=1S/C16H25N5OS/c1-11(2)7-14-8-13(20-22-14)10-23-16-19-18-15(21(16)3)12-5-4-6-17-9-12/h8,11-12,17H,4-7,9-10H2,1-3H3. The minimum Gasteiger partial charge on any atom is -0.361 e. The Hall–Kier alpha value is -1.34. The van der Waals surface area contributed by atoms with Crippen LogP contribution in [0, 0.1) is 5.92 Å². The maximum atomic E-state index is 5.38. The Morgan fingerprint density at radius 3 is 3.04 bits per heavy atom. The van der Waals surface area contributed by atoms with Crippen LogP contribution < -0.4 is 5.32 Å². The molecular weight excluding hydrogens is 310 g/mol. The maximum Gasteiger partial charge on any atom is 0.191 e. The molecule has 1 saturated heterocycles. The minimum atomic E-state index is 0.472. The van der Waals surface area contributed by atoms with Crippen LogP contribution in [-0.4, -0.2) is 33.0 Å². The Labute approximate surface area is 141 Å². The lowest BCUT2D eigenvalue weighted by atomic mass is 9.99. The Morgan fingerprint density at radius 1 is 1.43 bits per heavy atom. The summed E-state index contributed by atoms with van der Waals surface area (Å²) < 4.78 is 7.50. The average molecular weight is 335 g/mol. The van der Waals surface area contributed by atoms with E-state index >= 15 is 0 Å². The van der Waals surface area contributed by atoms with Crippen LogP contribution in [0.2, 0.25) is 0 Å². The van der Waals surface area contributed by atoms with Gasteiger partial charge in [0.05, 0.1) is 5.69 Å². The third-order valence-corrected chi connectivity index (χ3v) is 5.15. The first-order valence-corrected chi connectivity index (χ1v) is 9.29. The second kappa shape index (κ2) is 7.49. The van der Waals surface area contributed by atoms with Crippen LogP contribution in [-0.2, 0) is 19.2 Å². The molecule has 3 heterocycles. The van der Waals surface area contributed by atoms with Crippen molar-refractivity contribution in [3.63, 3.8) is 0 Å². The van der Waals surface area contributed by atoms with Crippen molar-refractivity contribution in [2.75, 3.05) is 13.1 Å². The van der Waals surface area contributed by atoms with Gasteiger partial charge in [-0.05, 0) is 25.3 Å². The zero-order valence-electron chi connectivity index (χ0n) is 14.1. The van der Waals surface area contributed by atoms with Gasteiger partial charge in [0.2, 0.25) is 0 Å². The van der Waals surface area contributed by atoms with Crippen LogP contribution >= 0.6 is 11.8 Å². The van der Waals surface area contributed by atoms with Crippen LogP contribution in [0.3, 0.4) is 0 Å². The quantitative estimate of drug-likeness (QED) is 0.819. The molecule has 0 bridgehead atoms. The molecule has 1 aliphatic rings. The number of rotatable bonds is 6. The highest BCUT2D eigenvalue weighted by Crippen LogP contribution is 2.26. The highest BCUT2D eigenvalue weighted by Gasteiger charge is 2.21. The van der Waals surface area contributed by atoms with Gasteiger partial charge in [0.25, 0.3) is 0 Å². The molecule has 0 saturated carbocycles. The molecule has 2 aromatic rings. The van der Waals surface area contributed by atoms with Gasteiger partial charge in [-0.3, -0.25) is 0 Å². The van der Waals surface area contributed by atoms with E-state index in [1.807, 2.05) is 0 Å². The van der Waals surface area contributed by atoms with Crippen LogP contribution in [0.1, 0.15) is 49.9 Å². The lowest BCUT2D eigenvalue weighted by molar-refractivity contribution is 0.365. The molecule has 0 spiro atoms. The van der Waals surface area contributed by atoms with Crippen molar-refractivity contribution in [3.8, 4) is 0 Å². The third kappa shape index (κ3) is 4.14. The van der Waals surface area contributed by atoms with Gasteiger partial charge in [-0.2, -0.15) is 0 Å². The lowest BCUT2D eigenvalue weighted by Crippen LogP contribution is -2.29. The van der Waals surface area contributed by atoms with E-state index < -0.39 is 0 Å². The molecule has 0 aliphatic carbocycles. The summed E-state index contributed by atoms with van der Waals surface area (Å²) in [5.74, 6) is 3.85. The second-order valence-corrected chi connectivity index (χ2v) is 7.56. The predicted octanol–water partition coefficient (Wildman–Crippen LogP) is 2.76. The van der Waals surface area contributed by atoms with Crippen molar-refractivity contribution in [1.82, 2.24) is 25.2 Å². The summed E-state index contributed by atoms with van der Waals surface area (Å²) in [7, 11) is 2.05. The summed E-state index contributed by atoms with van der Waals surface area (Å²) in [5, 5.41) is 17.3. The van der Waals surface area contributed by atoms with Gasteiger partial charge in [-0.15, -0.1) is 10.2 Å². The van der Waals surface area contributed by atoms with E-state index in [1.165, 1.54) is 12.8 Å². The van der Waals surface area contributed by atoms with Crippen molar-refractivity contribution < 1.29 is 4.52 Å². The first kappa shape index (κ1) is 16.5. The molecule has 0 amide bonds. The van der Waals surface area contributed by atoms with E-state index in [4.69, 9.17) is 4.52 Å². The van der Waals surface area contributed by atoms with E-state index in [1.54, 1.807) is 11.8 Å². The van der Waals surface area contributed by atoms with Gasteiger partial charge < -0.3 is 14.4 Å². The topological polar surface area (TPSA) is 68.8 Å². The zero-order chi connectivity index (χ0) is 16.2. The molecule has 1 N–H and O–H groups in total. The average Bonchev–Trinajstić information content (AvgIpc) is 3.12. The number of aromatic nitrogens is 4. The van der Waals surface area contributed by atoms with E-state index in [-0.39, 0.29) is 0 Å². The first-order valence-electron chi connectivity index (χ1n) is 8.30. The summed E-state index contributed by atoms with van der Waals surface area (Å²) in [6, 6.07) is 2.05. The molecule has 23 heavy (non-hydrogen) atoms. The lowest BCUT2D eigenvalue weighted by Gasteiger charge is -2.21. The zero-order valence-corrected chi connectivity index (χ0v) is 14.9. The number of thioether (sulfide) groups is 1. The maximum absolute atomic E-state index is 5.38. The molecule has 1 fully saturated rings. The molecule has 2 aromatic heterocycles. The number of nitrogens with one attached hydrogen (secondary N) is 1. The van der Waals surface area contributed by atoms with E-state index in [9.17, 15) is 0 Å². The van der Waals surface area contributed by atoms with Gasteiger partial charge in [0.1, 0.15) is 11.6 Å². The molecule has 7 heteroatoms. The Kier molecular flexibility index (Phi) is 5.38. The molecule has 0 aromatic carbocycles. The third-order valence-electron chi connectivity index (χ3n) is 4.10. The summed E-state index contributed by atoms with van der Waals surface area (Å²) in [5.41, 5.74) is 0.967. The Morgan fingerprint density at radius 2 is 2.30 bits per heavy atom. The monoisotopic (exact) mass is 335 g/mol. The number of hydrogen-bond donors (Lipinski definition) is 1. The molecule has 3 rings (SSSR count). The van der Waals surface area contributed by atoms with Crippen LogP contribution in [0.4, 0.5) is 0 Å². The fraction of sp³-hybridized carbons (Fsp3) is 0.688. The van der Waals surface area contributed by atoms with E-state index in [0.29, 0.717) is 11.8 Å². The van der Waals surface area contributed by atoms with Gasteiger partial charge in [-0.1, -0.05) is 30.8 Å². The molecule has 0 radical (unpaired) electrons. The second-order valence-electron chi connectivity index (χ2n) is 6.61. The SMILES string of the molecule is CC(C)Cc1cc(CSc2nnc(C3CCCNC3)n2C)no1. The van der Waals surface area contributed by atoms with Crippen LogP contribution in [0.25, 0.3) is 0 Å². The smallest absolute Gasteiger partial charge is 0.191 e. The van der Waals surface area contributed by atoms with Gasteiger partial charge in [-0.25, -0.2) is 0 Å². The largest absolute Gasteiger partial charge is 0.361 e. The minimum absolute atomic E-state index is 0.472. The summed E-state index contributed by atoms with van der Waals surface area (Å²) in [6.07, 6.45) is 3.32. The van der Waals surface area contributed by atoms with Crippen molar-refractivity contribution in [2.45, 2.75) is 49.9 Å². The van der Waals surface area contributed by atoms with Crippen molar-refractivity contribution in [3.05, 3.63) is 23.3 Å². The summed E-state index contributed by atoms with van der Waals surface area (Å²) in [4.78, 5) is 0. The van der Waals surface area contributed by atoms with Gasteiger partial charge >= 0.3 is 0 Å². The molecular formula is C16H25N5OS. The van der Waals surface area contributed by atoms with Crippen molar-refractivity contribution in [2.24, 2.45) is 13.0 Å². The number of piperidine rings is 1. The molecule has 1 atom stereocenters. The van der Waals surface area contributed by atoms with Gasteiger partial charge in [0.15, 0.2) is 5.16 Å². The predicted molar refractivity (Wildman–Crippen MR) is 90.5 cm³/mol. The van der Waals surface area contributed by atoms with Gasteiger partial charge in [0, 0.05) is 37.8 Å². The van der Waals surface area contributed by atoms with Crippen molar-refractivity contribution >= 4 is 11.8 Å². The first-order chi connectivity index (χ1) is 11.1.